The zero-order valence-electron chi connectivity index (χ0n) is 11.1. The lowest BCUT2D eigenvalue weighted by molar-refractivity contribution is -0.128. The summed E-state index contributed by atoms with van der Waals surface area (Å²) in [5.74, 6) is -0.360. The quantitative estimate of drug-likeness (QED) is 0.895. The summed E-state index contributed by atoms with van der Waals surface area (Å²) in [6, 6.07) is 5.73. The van der Waals surface area contributed by atoms with E-state index >= 15 is 0 Å². The van der Waals surface area contributed by atoms with Gasteiger partial charge in [-0.2, -0.15) is 13.2 Å². The van der Waals surface area contributed by atoms with E-state index in [0.29, 0.717) is 25.4 Å². The standard InChI is InChI=1S/C13H15F3N2O2.ClH/c14-13(15,16)7-9-2-1-3-10(6-9)18-12(19)11-8-17-4-5-20-11;/h1-3,6,11,17H,4-5,7-8H2,(H,18,19);1H. The molecule has 1 amide bonds. The van der Waals surface area contributed by atoms with Crippen LogP contribution in [-0.2, 0) is 16.0 Å². The van der Waals surface area contributed by atoms with Crippen molar-refractivity contribution in [3.8, 4) is 0 Å². The third kappa shape index (κ3) is 5.91. The van der Waals surface area contributed by atoms with Crippen LogP contribution in [-0.4, -0.2) is 37.9 Å². The van der Waals surface area contributed by atoms with Crippen LogP contribution in [0.1, 0.15) is 5.56 Å². The van der Waals surface area contributed by atoms with Crippen LogP contribution in [0.4, 0.5) is 18.9 Å². The molecule has 0 spiro atoms. The molecule has 0 saturated carbocycles. The first-order chi connectivity index (χ1) is 9.44. The summed E-state index contributed by atoms with van der Waals surface area (Å²) in [5, 5.41) is 5.58. The molecule has 21 heavy (non-hydrogen) atoms. The van der Waals surface area contributed by atoms with Crippen LogP contribution in [0.15, 0.2) is 24.3 Å². The van der Waals surface area contributed by atoms with E-state index in [1.54, 1.807) is 6.07 Å². The number of anilines is 1. The number of ether oxygens (including phenoxy) is 1. The van der Waals surface area contributed by atoms with Gasteiger partial charge in [0.1, 0.15) is 6.10 Å². The maximum Gasteiger partial charge on any atom is 0.393 e. The Hall–Kier alpha value is -1.31. The van der Waals surface area contributed by atoms with Gasteiger partial charge in [0, 0.05) is 18.8 Å². The van der Waals surface area contributed by atoms with Crippen LogP contribution in [0, 0.1) is 0 Å². The Morgan fingerprint density at radius 2 is 2.19 bits per heavy atom. The molecule has 0 bridgehead atoms. The Balaban J connectivity index is 0.00000220. The SMILES string of the molecule is Cl.O=C(Nc1cccc(CC(F)(F)F)c1)C1CNCCO1. The number of carbonyl (C=O) groups excluding carboxylic acids is 1. The summed E-state index contributed by atoms with van der Waals surface area (Å²) in [5.41, 5.74) is 0.448. The molecule has 0 radical (unpaired) electrons. The molecule has 0 aromatic heterocycles. The predicted octanol–water partition coefficient (Wildman–Crippen LogP) is 2.14. The minimum Gasteiger partial charge on any atom is -0.366 e. The highest BCUT2D eigenvalue weighted by Crippen LogP contribution is 2.23. The van der Waals surface area contributed by atoms with Gasteiger partial charge in [0.25, 0.3) is 5.91 Å². The maximum atomic E-state index is 12.3. The third-order valence-corrected chi connectivity index (χ3v) is 2.82. The Morgan fingerprint density at radius 3 is 2.81 bits per heavy atom. The number of amides is 1. The van der Waals surface area contributed by atoms with Crippen LogP contribution in [0.25, 0.3) is 0 Å². The molecule has 1 aromatic rings. The first-order valence-corrected chi connectivity index (χ1v) is 6.23. The smallest absolute Gasteiger partial charge is 0.366 e. The number of hydrogen-bond donors (Lipinski definition) is 2. The highest BCUT2D eigenvalue weighted by molar-refractivity contribution is 5.94. The van der Waals surface area contributed by atoms with Gasteiger partial charge < -0.3 is 15.4 Å². The Kier molecular flexibility index (Phi) is 6.44. The van der Waals surface area contributed by atoms with Crippen molar-refractivity contribution in [1.82, 2.24) is 5.32 Å². The summed E-state index contributed by atoms with van der Waals surface area (Å²) in [4.78, 5) is 11.9. The minimum absolute atomic E-state index is 0. The second kappa shape index (κ2) is 7.63. The molecule has 118 valence electrons. The van der Waals surface area contributed by atoms with E-state index < -0.39 is 18.7 Å². The van der Waals surface area contributed by atoms with Crippen molar-refractivity contribution >= 4 is 24.0 Å². The van der Waals surface area contributed by atoms with Crippen LogP contribution >= 0.6 is 12.4 Å². The van der Waals surface area contributed by atoms with Gasteiger partial charge in [0.2, 0.25) is 0 Å². The molecule has 1 aromatic carbocycles. The molecule has 1 atom stereocenters. The number of hydrogen-bond acceptors (Lipinski definition) is 3. The zero-order valence-corrected chi connectivity index (χ0v) is 11.9. The highest BCUT2D eigenvalue weighted by atomic mass is 35.5. The average molecular weight is 325 g/mol. The average Bonchev–Trinajstić information content (AvgIpc) is 2.38. The van der Waals surface area contributed by atoms with Crippen molar-refractivity contribution in [3.05, 3.63) is 29.8 Å². The normalized spacial score (nSPS) is 18.7. The molecular formula is C13H16ClF3N2O2. The fraction of sp³-hybridized carbons (Fsp3) is 0.462. The van der Waals surface area contributed by atoms with Gasteiger partial charge in [0.15, 0.2) is 0 Å². The van der Waals surface area contributed by atoms with Crippen molar-refractivity contribution < 1.29 is 22.7 Å². The Bertz CT molecular complexity index is 477. The molecule has 1 unspecified atom stereocenters. The second-order valence-electron chi connectivity index (χ2n) is 4.55. The molecule has 8 heteroatoms. The van der Waals surface area contributed by atoms with E-state index in [2.05, 4.69) is 10.6 Å². The molecule has 1 fully saturated rings. The molecule has 1 saturated heterocycles. The van der Waals surface area contributed by atoms with E-state index in [4.69, 9.17) is 4.74 Å². The largest absolute Gasteiger partial charge is 0.393 e. The van der Waals surface area contributed by atoms with Crippen molar-refractivity contribution in [2.24, 2.45) is 0 Å². The van der Waals surface area contributed by atoms with Gasteiger partial charge >= 0.3 is 6.18 Å². The van der Waals surface area contributed by atoms with Crippen molar-refractivity contribution in [2.75, 3.05) is 25.0 Å². The third-order valence-electron chi connectivity index (χ3n) is 2.82. The molecular weight excluding hydrogens is 309 g/mol. The highest BCUT2D eigenvalue weighted by Gasteiger charge is 2.28. The summed E-state index contributed by atoms with van der Waals surface area (Å²) < 4.78 is 42.2. The molecule has 2 N–H and O–H groups in total. The fourth-order valence-electron chi connectivity index (χ4n) is 1.95. The number of rotatable bonds is 3. The van der Waals surface area contributed by atoms with E-state index in [0.717, 1.165) is 0 Å². The summed E-state index contributed by atoms with van der Waals surface area (Å²) in [7, 11) is 0. The Morgan fingerprint density at radius 1 is 1.43 bits per heavy atom. The summed E-state index contributed by atoms with van der Waals surface area (Å²) in [6.07, 6.45) is -5.90. The van der Waals surface area contributed by atoms with Crippen LogP contribution in [0.2, 0.25) is 0 Å². The first-order valence-electron chi connectivity index (χ1n) is 6.23. The molecule has 1 aliphatic heterocycles. The zero-order chi connectivity index (χ0) is 14.6. The van der Waals surface area contributed by atoms with Gasteiger partial charge in [-0.05, 0) is 17.7 Å². The number of carbonyl (C=O) groups is 1. The molecule has 0 aliphatic carbocycles. The topological polar surface area (TPSA) is 50.4 Å². The van der Waals surface area contributed by atoms with E-state index in [-0.39, 0.29) is 23.9 Å². The lowest BCUT2D eigenvalue weighted by atomic mass is 10.1. The minimum atomic E-state index is -4.26. The number of nitrogens with one attached hydrogen (secondary N) is 2. The van der Waals surface area contributed by atoms with Gasteiger partial charge in [-0.3, -0.25) is 4.79 Å². The number of alkyl halides is 3. The molecule has 1 aliphatic rings. The number of benzene rings is 1. The first kappa shape index (κ1) is 17.7. The summed E-state index contributed by atoms with van der Waals surface area (Å²) >= 11 is 0. The van der Waals surface area contributed by atoms with Gasteiger partial charge in [-0.15, -0.1) is 12.4 Å². The number of morpholine rings is 1. The monoisotopic (exact) mass is 324 g/mol. The lowest BCUT2D eigenvalue weighted by Crippen LogP contribution is -2.45. The lowest BCUT2D eigenvalue weighted by Gasteiger charge is -2.22. The van der Waals surface area contributed by atoms with Crippen molar-refractivity contribution in [3.63, 3.8) is 0 Å². The van der Waals surface area contributed by atoms with Crippen molar-refractivity contribution in [1.29, 1.82) is 0 Å². The molecule has 2 rings (SSSR count). The fourth-order valence-corrected chi connectivity index (χ4v) is 1.95. The van der Waals surface area contributed by atoms with Crippen LogP contribution in [0.5, 0.6) is 0 Å². The van der Waals surface area contributed by atoms with Gasteiger partial charge in [0.05, 0.1) is 13.0 Å². The van der Waals surface area contributed by atoms with Gasteiger partial charge in [-0.1, -0.05) is 12.1 Å². The van der Waals surface area contributed by atoms with Crippen LogP contribution in [0.3, 0.4) is 0 Å². The molecule has 4 nitrogen and oxygen atoms in total. The van der Waals surface area contributed by atoms with Crippen LogP contribution < -0.4 is 10.6 Å². The van der Waals surface area contributed by atoms with Crippen molar-refractivity contribution in [2.45, 2.75) is 18.7 Å². The van der Waals surface area contributed by atoms with Gasteiger partial charge in [-0.25, -0.2) is 0 Å². The second-order valence-corrected chi connectivity index (χ2v) is 4.55. The van der Waals surface area contributed by atoms with E-state index in [1.807, 2.05) is 0 Å². The Labute approximate surface area is 126 Å². The summed E-state index contributed by atoms with van der Waals surface area (Å²) in [6.45, 7) is 1.52. The predicted molar refractivity (Wildman–Crippen MR) is 74.7 cm³/mol. The maximum absolute atomic E-state index is 12.3. The molecule has 1 heterocycles. The van der Waals surface area contributed by atoms with E-state index in [1.165, 1.54) is 18.2 Å². The van der Waals surface area contributed by atoms with E-state index in [9.17, 15) is 18.0 Å². The number of halogens is 4.